The van der Waals surface area contributed by atoms with Crippen molar-refractivity contribution in [1.82, 2.24) is 9.88 Å². The molecule has 3 aromatic rings. The summed E-state index contributed by atoms with van der Waals surface area (Å²) in [4.78, 5) is 32.0. The van der Waals surface area contributed by atoms with Crippen LogP contribution in [-0.4, -0.2) is 46.9 Å². The summed E-state index contributed by atoms with van der Waals surface area (Å²) in [5, 5.41) is 11.2. The van der Waals surface area contributed by atoms with E-state index in [2.05, 4.69) is 11.9 Å². The Morgan fingerprint density at radius 1 is 1.00 bits per heavy atom. The number of ether oxygens (including phenoxy) is 2. The lowest BCUT2D eigenvalue weighted by Gasteiger charge is -2.26. The highest BCUT2D eigenvalue weighted by molar-refractivity contribution is 6.46. The maximum absolute atomic E-state index is 13.3. The minimum absolute atomic E-state index is 0.0444. The van der Waals surface area contributed by atoms with E-state index in [0.29, 0.717) is 42.2 Å². The van der Waals surface area contributed by atoms with Crippen LogP contribution in [0.1, 0.15) is 48.9 Å². The zero-order valence-corrected chi connectivity index (χ0v) is 21.2. The van der Waals surface area contributed by atoms with Crippen LogP contribution >= 0.6 is 0 Å². The summed E-state index contributed by atoms with van der Waals surface area (Å²) in [5.74, 6) is -0.488. The Balaban J connectivity index is 1.73. The molecule has 0 aliphatic carbocycles. The SMILES string of the molecule is CCCCCOc1ccc(C2/C(=C(\O)c3ccncc3)C(=O)C(=O)N2CCc2ccccc2)cc1OC. The van der Waals surface area contributed by atoms with E-state index in [1.165, 1.54) is 17.3 Å². The van der Waals surface area contributed by atoms with E-state index in [9.17, 15) is 14.7 Å². The fraction of sp³-hybridized carbons (Fsp3) is 0.300. The van der Waals surface area contributed by atoms with Crippen molar-refractivity contribution < 1.29 is 24.2 Å². The van der Waals surface area contributed by atoms with Gasteiger partial charge in [0.15, 0.2) is 11.5 Å². The quantitative estimate of drug-likeness (QED) is 0.166. The van der Waals surface area contributed by atoms with Gasteiger partial charge in [-0.3, -0.25) is 14.6 Å². The van der Waals surface area contributed by atoms with Crippen LogP contribution in [0.3, 0.4) is 0 Å². The van der Waals surface area contributed by atoms with Crippen molar-refractivity contribution in [2.24, 2.45) is 0 Å². The summed E-state index contributed by atoms with van der Waals surface area (Å²) in [5.41, 5.74) is 2.16. The van der Waals surface area contributed by atoms with Crippen LogP contribution in [0.15, 0.2) is 78.6 Å². The molecule has 1 aliphatic heterocycles. The van der Waals surface area contributed by atoms with Gasteiger partial charge < -0.3 is 19.5 Å². The molecule has 1 fully saturated rings. The van der Waals surface area contributed by atoms with Crippen LogP contribution in [0.25, 0.3) is 5.76 Å². The lowest BCUT2D eigenvalue weighted by Crippen LogP contribution is -2.31. The highest BCUT2D eigenvalue weighted by atomic mass is 16.5. The zero-order chi connectivity index (χ0) is 26.2. The molecule has 0 radical (unpaired) electrons. The summed E-state index contributed by atoms with van der Waals surface area (Å²) >= 11 is 0. The molecule has 7 nitrogen and oxygen atoms in total. The molecule has 0 saturated carbocycles. The fourth-order valence-electron chi connectivity index (χ4n) is 4.52. The second kappa shape index (κ2) is 12.2. The molecule has 37 heavy (non-hydrogen) atoms. The predicted molar refractivity (Wildman–Crippen MR) is 141 cm³/mol. The van der Waals surface area contributed by atoms with E-state index in [0.717, 1.165) is 24.8 Å². The van der Waals surface area contributed by atoms with Crippen molar-refractivity contribution in [3.05, 3.63) is 95.3 Å². The number of aliphatic hydroxyl groups is 1. The standard InChI is InChI=1S/C30H32N2O5/c1-3-4-8-19-37-24-12-11-23(20-25(24)36-2)27-26(28(33)22-13-16-31-17-14-22)29(34)30(35)32(27)18-15-21-9-6-5-7-10-21/h5-7,9-14,16-17,20,27,33H,3-4,8,15,18-19H2,1-2H3/b28-26+. The Labute approximate surface area is 217 Å². The van der Waals surface area contributed by atoms with E-state index >= 15 is 0 Å². The van der Waals surface area contributed by atoms with Crippen LogP contribution in [-0.2, 0) is 16.0 Å². The number of Topliss-reactive ketones (excluding diaryl/α,β-unsaturated/α-hetero) is 1. The minimum Gasteiger partial charge on any atom is -0.507 e. The molecule has 1 atom stereocenters. The third-order valence-corrected chi connectivity index (χ3v) is 6.49. The number of benzene rings is 2. The summed E-state index contributed by atoms with van der Waals surface area (Å²) in [7, 11) is 1.56. The number of pyridine rings is 1. The Morgan fingerprint density at radius 2 is 1.76 bits per heavy atom. The van der Waals surface area contributed by atoms with Crippen LogP contribution in [0, 0.1) is 0 Å². The molecule has 1 saturated heterocycles. The molecule has 1 amide bonds. The molecule has 0 spiro atoms. The number of aromatic nitrogens is 1. The van der Waals surface area contributed by atoms with E-state index in [1.807, 2.05) is 36.4 Å². The Hall–Kier alpha value is -4.13. The number of carbonyl (C=O) groups is 2. The number of ketones is 1. The first kappa shape index (κ1) is 25.9. The lowest BCUT2D eigenvalue weighted by molar-refractivity contribution is -0.139. The van der Waals surface area contributed by atoms with Gasteiger partial charge >= 0.3 is 0 Å². The van der Waals surface area contributed by atoms with Gasteiger partial charge in [-0.1, -0.05) is 56.2 Å². The lowest BCUT2D eigenvalue weighted by atomic mass is 9.95. The Morgan fingerprint density at radius 3 is 2.46 bits per heavy atom. The molecule has 4 rings (SSSR count). The smallest absolute Gasteiger partial charge is 0.295 e. The first-order valence-corrected chi connectivity index (χ1v) is 12.6. The Kier molecular flexibility index (Phi) is 8.56. The maximum atomic E-state index is 13.3. The molecule has 1 aromatic heterocycles. The van der Waals surface area contributed by atoms with Crippen molar-refractivity contribution in [2.45, 2.75) is 38.6 Å². The van der Waals surface area contributed by atoms with Gasteiger partial charge in [-0.25, -0.2) is 0 Å². The van der Waals surface area contributed by atoms with Crippen molar-refractivity contribution in [1.29, 1.82) is 0 Å². The predicted octanol–water partition coefficient (Wildman–Crippen LogP) is 5.32. The van der Waals surface area contributed by atoms with Gasteiger partial charge in [-0.2, -0.15) is 0 Å². The molecule has 192 valence electrons. The maximum Gasteiger partial charge on any atom is 0.295 e. The minimum atomic E-state index is -0.778. The second-order valence-corrected chi connectivity index (χ2v) is 8.93. The molecule has 2 heterocycles. The van der Waals surface area contributed by atoms with E-state index in [-0.39, 0.29) is 11.3 Å². The second-order valence-electron chi connectivity index (χ2n) is 8.93. The number of aliphatic hydroxyl groups excluding tert-OH is 1. The molecular weight excluding hydrogens is 468 g/mol. The summed E-state index contributed by atoms with van der Waals surface area (Å²) in [6, 6.07) is 17.6. The van der Waals surface area contributed by atoms with E-state index in [1.54, 1.807) is 31.4 Å². The first-order valence-electron chi connectivity index (χ1n) is 12.6. The molecule has 2 aromatic carbocycles. The van der Waals surface area contributed by atoms with Gasteiger partial charge in [-0.05, 0) is 48.2 Å². The van der Waals surface area contributed by atoms with E-state index in [4.69, 9.17) is 9.47 Å². The first-order chi connectivity index (χ1) is 18.0. The zero-order valence-electron chi connectivity index (χ0n) is 21.2. The van der Waals surface area contributed by atoms with Crippen LogP contribution in [0.5, 0.6) is 11.5 Å². The van der Waals surface area contributed by atoms with Crippen LogP contribution in [0.2, 0.25) is 0 Å². The molecule has 1 N–H and O–H groups in total. The third kappa shape index (κ3) is 5.82. The van der Waals surface area contributed by atoms with Crippen molar-refractivity contribution in [3.63, 3.8) is 0 Å². The topological polar surface area (TPSA) is 89.0 Å². The van der Waals surface area contributed by atoms with Gasteiger partial charge in [0.1, 0.15) is 5.76 Å². The number of nitrogens with zero attached hydrogens (tertiary/aromatic N) is 2. The molecule has 7 heteroatoms. The monoisotopic (exact) mass is 500 g/mol. The number of amides is 1. The van der Waals surface area contributed by atoms with Crippen LogP contribution < -0.4 is 9.47 Å². The summed E-state index contributed by atoms with van der Waals surface area (Å²) in [6.07, 6.45) is 6.73. The van der Waals surface area contributed by atoms with Crippen molar-refractivity contribution in [2.75, 3.05) is 20.3 Å². The highest BCUT2D eigenvalue weighted by Gasteiger charge is 2.46. The Bertz CT molecular complexity index is 1260. The number of likely N-dealkylation sites (tertiary alicyclic amines) is 1. The van der Waals surface area contributed by atoms with Crippen molar-refractivity contribution >= 4 is 17.4 Å². The normalized spacial score (nSPS) is 16.7. The average molecular weight is 501 g/mol. The number of unbranched alkanes of at least 4 members (excludes halogenated alkanes) is 2. The molecular formula is C30H32N2O5. The van der Waals surface area contributed by atoms with Gasteiger partial charge in [-0.15, -0.1) is 0 Å². The fourth-order valence-corrected chi connectivity index (χ4v) is 4.52. The molecule has 1 unspecified atom stereocenters. The number of carbonyl (C=O) groups excluding carboxylic acids is 2. The van der Waals surface area contributed by atoms with Gasteiger partial charge in [0.25, 0.3) is 11.7 Å². The van der Waals surface area contributed by atoms with Gasteiger partial charge in [0, 0.05) is 24.5 Å². The van der Waals surface area contributed by atoms with Crippen molar-refractivity contribution in [3.8, 4) is 11.5 Å². The van der Waals surface area contributed by atoms with Crippen LogP contribution in [0.4, 0.5) is 0 Å². The van der Waals surface area contributed by atoms with E-state index < -0.39 is 17.7 Å². The van der Waals surface area contributed by atoms with Gasteiger partial charge in [0.05, 0.1) is 25.3 Å². The number of hydrogen-bond acceptors (Lipinski definition) is 6. The number of hydrogen-bond donors (Lipinski definition) is 1. The third-order valence-electron chi connectivity index (χ3n) is 6.49. The molecule has 1 aliphatic rings. The average Bonchev–Trinajstić information content (AvgIpc) is 3.19. The van der Waals surface area contributed by atoms with Gasteiger partial charge in [0.2, 0.25) is 0 Å². The largest absolute Gasteiger partial charge is 0.507 e. The number of rotatable bonds is 11. The summed E-state index contributed by atoms with van der Waals surface area (Å²) < 4.78 is 11.5. The molecule has 0 bridgehead atoms. The highest BCUT2D eigenvalue weighted by Crippen LogP contribution is 2.42. The summed E-state index contributed by atoms with van der Waals surface area (Å²) in [6.45, 7) is 3.01. The number of methoxy groups -OCH3 is 1.